The van der Waals surface area contributed by atoms with Gasteiger partial charge in [0.15, 0.2) is 11.5 Å². The molecular formula is C18H21NO3. The molecule has 1 aliphatic heterocycles. The van der Waals surface area contributed by atoms with Crippen molar-refractivity contribution in [2.75, 3.05) is 20.3 Å². The summed E-state index contributed by atoms with van der Waals surface area (Å²) in [6.07, 6.45) is 1.78. The van der Waals surface area contributed by atoms with E-state index in [1.54, 1.807) is 7.11 Å². The van der Waals surface area contributed by atoms with Crippen molar-refractivity contribution in [3.8, 4) is 17.2 Å². The minimum absolute atomic E-state index is 0.0259. The molecule has 0 fully saturated rings. The van der Waals surface area contributed by atoms with Crippen LogP contribution in [0.1, 0.15) is 23.6 Å². The Bertz CT molecular complexity index is 642. The second-order valence-electron chi connectivity index (χ2n) is 5.40. The number of aryl methyl sites for hydroxylation is 1. The summed E-state index contributed by atoms with van der Waals surface area (Å²) < 4.78 is 16.4. The highest BCUT2D eigenvalue weighted by atomic mass is 16.6. The normalized spacial score (nSPS) is 14.5. The summed E-state index contributed by atoms with van der Waals surface area (Å²) >= 11 is 0. The Labute approximate surface area is 130 Å². The van der Waals surface area contributed by atoms with Crippen molar-refractivity contribution in [1.29, 1.82) is 0 Å². The predicted octanol–water partition coefficient (Wildman–Crippen LogP) is 3.10. The maximum absolute atomic E-state index is 6.32. The van der Waals surface area contributed by atoms with E-state index >= 15 is 0 Å². The van der Waals surface area contributed by atoms with Gasteiger partial charge in [0, 0.05) is 6.04 Å². The molecule has 0 bridgehead atoms. The molecule has 0 radical (unpaired) electrons. The molecule has 0 saturated heterocycles. The lowest BCUT2D eigenvalue weighted by Crippen LogP contribution is -2.17. The molecule has 2 aromatic rings. The fraction of sp³-hybridized carbons (Fsp3) is 0.333. The second kappa shape index (κ2) is 6.71. The van der Waals surface area contributed by atoms with Crippen LogP contribution < -0.4 is 19.9 Å². The quantitative estimate of drug-likeness (QED) is 0.921. The Kier molecular flexibility index (Phi) is 4.49. The SMILES string of the molecule is COc1cccc(CCC(N)c2ccc3c(c2)OCCO3)c1. The standard InChI is InChI=1S/C18H21NO3/c1-20-15-4-2-3-13(11-15)5-7-16(19)14-6-8-17-18(12-14)22-10-9-21-17/h2-4,6,8,11-12,16H,5,7,9-10,19H2,1H3. The van der Waals surface area contributed by atoms with Crippen molar-refractivity contribution in [2.45, 2.75) is 18.9 Å². The lowest BCUT2D eigenvalue weighted by atomic mass is 9.99. The van der Waals surface area contributed by atoms with Crippen LogP contribution in [0.2, 0.25) is 0 Å². The van der Waals surface area contributed by atoms with Crippen molar-refractivity contribution in [1.82, 2.24) is 0 Å². The maximum Gasteiger partial charge on any atom is 0.161 e. The molecule has 1 aliphatic rings. The summed E-state index contributed by atoms with van der Waals surface area (Å²) in [6.45, 7) is 1.20. The first-order valence-corrected chi connectivity index (χ1v) is 7.54. The fourth-order valence-corrected chi connectivity index (χ4v) is 2.61. The molecule has 0 aromatic heterocycles. The van der Waals surface area contributed by atoms with Gasteiger partial charge >= 0.3 is 0 Å². The van der Waals surface area contributed by atoms with Gasteiger partial charge in [0.2, 0.25) is 0 Å². The van der Waals surface area contributed by atoms with Gasteiger partial charge in [-0.05, 0) is 48.2 Å². The number of benzene rings is 2. The number of methoxy groups -OCH3 is 1. The second-order valence-corrected chi connectivity index (χ2v) is 5.40. The molecule has 116 valence electrons. The monoisotopic (exact) mass is 299 g/mol. The summed E-state index contributed by atoms with van der Waals surface area (Å²) in [5, 5.41) is 0. The molecule has 4 nitrogen and oxygen atoms in total. The van der Waals surface area contributed by atoms with Gasteiger partial charge in [-0.2, -0.15) is 0 Å². The molecule has 0 aliphatic carbocycles. The van der Waals surface area contributed by atoms with Crippen LogP contribution >= 0.6 is 0 Å². The highest BCUT2D eigenvalue weighted by Crippen LogP contribution is 2.33. The fourth-order valence-electron chi connectivity index (χ4n) is 2.61. The lowest BCUT2D eigenvalue weighted by molar-refractivity contribution is 0.171. The summed E-state index contributed by atoms with van der Waals surface area (Å²) in [5.41, 5.74) is 8.62. The lowest BCUT2D eigenvalue weighted by Gasteiger charge is -2.20. The Hall–Kier alpha value is -2.20. The average Bonchev–Trinajstić information content (AvgIpc) is 2.59. The van der Waals surface area contributed by atoms with E-state index in [-0.39, 0.29) is 6.04 Å². The largest absolute Gasteiger partial charge is 0.497 e. The summed E-state index contributed by atoms with van der Waals surface area (Å²) in [4.78, 5) is 0. The topological polar surface area (TPSA) is 53.7 Å². The molecule has 2 N–H and O–H groups in total. The van der Waals surface area contributed by atoms with Crippen molar-refractivity contribution >= 4 is 0 Å². The van der Waals surface area contributed by atoms with Gasteiger partial charge in [-0.1, -0.05) is 18.2 Å². The Morgan fingerprint density at radius 3 is 2.73 bits per heavy atom. The van der Waals surface area contributed by atoms with Crippen LogP contribution in [0.4, 0.5) is 0 Å². The van der Waals surface area contributed by atoms with Crippen LogP contribution in [0.15, 0.2) is 42.5 Å². The van der Waals surface area contributed by atoms with Crippen LogP contribution in [-0.4, -0.2) is 20.3 Å². The number of hydrogen-bond acceptors (Lipinski definition) is 4. The van der Waals surface area contributed by atoms with Gasteiger partial charge in [-0.25, -0.2) is 0 Å². The van der Waals surface area contributed by atoms with Gasteiger partial charge in [-0.15, -0.1) is 0 Å². The van der Waals surface area contributed by atoms with E-state index in [9.17, 15) is 0 Å². The van der Waals surface area contributed by atoms with Gasteiger partial charge in [0.25, 0.3) is 0 Å². The molecule has 0 amide bonds. The van der Waals surface area contributed by atoms with Gasteiger partial charge in [0.1, 0.15) is 19.0 Å². The smallest absolute Gasteiger partial charge is 0.161 e. The average molecular weight is 299 g/mol. The molecule has 1 heterocycles. The van der Waals surface area contributed by atoms with E-state index in [4.69, 9.17) is 19.9 Å². The molecule has 1 atom stereocenters. The molecular weight excluding hydrogens is 278 g/mol. The van der Waals surface area contributed by atoms with E-state index in [1.807, 2.05) is 30.3 Å². The zero-order valence-corrected chi connectivity index (χ0v) is 12.7. The Balaban J connectivity index is 1.65. The molecule has 22 heavy (non-hydrogen) atoms. The Morgan fingerprint density at radius 1 is 1.09 bits per heavy atom. The van der Waals surface area contributed by atoms with Crippen molar-refractivity contribution in [2.24, 2.45) is 5.73 Å². The number of rotatable bonds is 5. The van der Waals surface area contributed by atoms with E-state index in [0.29, 0.717) is 13.2 Å². The molecule has 2 aromatic carbocycles. The first kappa shape index (κ1) is 14.7. The Morgan fingerprint density at radius 2 is 1.91 bits per heavy atom. The number of ether oxygens (including phenoxy) is 3. The van der Waals surface area contributed by atoms with Gasteiger partial charge < -0.3 is 19.9 Å². The summed E-state index contributed by atoms with van der Waals surface area (Å²) in [6, 6.07) is 14.0. The highest BCUT2D eigenvalue weighted by Gasteiger charge is 2.14. The third kappa shape index (κ3) is 3.34. The van der Waals surface area contributed by atoms with E-state index in [1.165, 1.54) is 5.56 Å². The van der Waals surface area contributed by atoms with Crippen LogP contribution in [0.5, 0.6) is 17.2 Å². The minimum atomic E-state index is -0.0259. The molecule has 3 rings (SSSR count). The molecule has 0 saturated carbocycles. The van der Waals surface area contributed by atoms with E-state index < -0.39 is 0 Å². The first-order chi connectivity index (χ1) is 10.8. The highest BCUT2D eigenvalue weighted by molar-refractivity contribution is 5.44. The van der Waals surface area contributed by atoms with Crippen molar-refractivity contribution in [3.05, 3.63) is 53.6 Å². The number of hydrogen-bond donors (Lipinski definition) is 1. The van der Waals surface area contributed by atoms with Crippen molar-refractivity contribution < 1.29 is 14.2 Å². The minimum Gasteiger partial charge on any atom is -0.497 e. The number of nitrogens with two attached hydrogens (primary N) is 1. The molecule has 0 spiro atoms. The summed E-state index contributed by atoms with van der Waals surface area (Å²) in [7, 11) is 1.68. The summed E-state index contributed by atoms with van der Waals surface area (Å²) in [5.74, 6) is 2.47. The third-order valence-electron chi connectivity index (χ3n) is 3.87. The van der Waals surface area contributed by atoms with Crippen LogP contribution in [0.3, 0.4) is 0 Å². The van der Waals surface area contributed by atoms with E-state index in [2.05, 4.69) is 12.1 Å². The number of fused-ring (bicyclic) bond motifs is 1. The first-order valence-electron chi connectivity index (χ1n) is 7.54. The maximum atomic E-state index is 6.32. The predicted molar refractivity (Wildman–Crippen MR) is 85.7 cm³/mol. The van der Waals surface area contributed by atoms with Gasteiger partial charge in [-0.3, -0.25) is 0 Å². The van der Waals surface area contributed by atoms with Gasteiger partial charge in [0.05, 0.1) is 7.11 Å². The third-order valence-corrected chi connectivity index (χ3v) is 3.87. The zero-order valence-electron chi connectivity index (χ0n) is 12.7. The molecule has 1 unspecified atom stereocenters. The van der Waals surface area contributed by atoms with Crippen LogP contribution in [-0.2, 0) is 6.42 Å². The zero-order chi connectivity index (χ0) is 15.4. The van der Waals surface area contributed by atoms with Crippen LogP contribution in [0.25, 0.3) is 0 Å². The van der Waals surface area contributed by atoms with Crippen molar-refractivity contribution in [3.63, 3.8) is 0 Å². The molecule has 4 heteroatoms. The van der Waals surface area contributed by atoms with Crippen LogP contribution in [0, 0.1) is 0 Å². The van der Waals surface area contributed by atoms with E-state index in [0.717, 1.165) is 35.7 Å².